The molecule has 2 fully saturated rings. The van der Waals surface area contributed by atoms with Gasteiger partial charge in [-0.05, 0) is 25.3 Å². The molecular weight excluding hydrogens is 190 g/mol. The molecule has 1 heterocycles. The van der Waals surface area contributed by atoms with Gasteiger partial charge >= 0.3 is 0 Å². The van der Waals surface area contributed by atoms with Crippen molar-refractivity contribution < 1.29 is 9.47 Å². The smallest absolute Gasteiger partial charge is 0.104 e. The normalized spacial score (nSPS) is 25.4. The van der Waals surface area contributed by atoms with Crippen molar-refractivity contribution in [2.45, 2.75) is 44.8 Å². The van der Waals surface area contributed by atoms with Gasteiger partial charge in [0.05, 0.1) is 19.8 Å². The Bertz CT molecular complexity index is 176. The minimum atomic E-state index is 0.368. The molecule has 1 saturated carbocycles. The molecule has 0 aromatic rings. The number of ether oxygens (including phenoxy) is 2. The number of hydrogen-bond donors (Lipinski definition) is 1. The highest BCUT2D eigenvalue weighted by Gasteiger charge is 2.27. The standard InChI is InChI=1S/C12H23NO2/c1-2-13-12(10-5-3-4-6-10)9-15-11-7-14-8-11/h10-13H,2-9H2,1H3. The maximum atomic E-state index is 5.82. The van der Waals surface area contributed by atoms with Crippen molar-refractivity contribution >= 4 is 0 Å². The summed E-state index contributed by atoms with van der Waals surface area (Å²) in [6, 6.07) is 0.568. The lowest BCUT2D eigenvalue weighted by Crippen LogP contribution is -2.44. The Hall–Kier alpha value is -0.120. The Balaban J connectivity index is 1.71. The van der Waals surface area contributed by atoms with Gasteiger partial charge in [0.1, 0.15) is 6.10 Å². The van der Waals surface area contributed by atoms with Gasteiger partial charge in [-0.3, -0.25) is 0 Å². The second-order valence-electron chi connectivity index (χ2n) is 4.70. The third kappa shape index (κ3) is 3.16. The van der Waals surface area contributed by atoms with Gasteiger partial charge in [-0.15, -0.1) is 0 Å². The van der Waals surface area contributed by atoms with Crippen LogP contribution in [0.3, 0.4) is 0 Å². The van der Waals surface area contributed by atoms with Crippen LogP contribution in [0.5, 0.6) is 0 Å². The van der Waals surface area contributed by atoms with Crippen LogP contribution in [-0.4, -0.2) is 38.5 Å². The predicted octanol–water partition coefficient (Wildman–Crippen LogP) is 1.57. The van der Waals surface area contributed by atoms with E-state index < -0.39 is 0 Å². The van der Waals surface area contributed by atoms with Crippen LogP contribution in [0.25, 0.3) is 0 Å². The fraction of sp³-hybridized carbons (Fsp3) is 1.00. The van der Waals surface area contributed by atoms with E-state index in [0.717, 1.165) is 32.3 Å². The Morgan fingerprint density at radius 1 is 1.33 bits per heavy atom. The predicted molar refractivity (Wildman–Crippen MR) is 60.0 cm³/mol. The summed E-state index contributed by atoms with van der Waals surface area (Å²) in [6.45, 7) is 5.68. The van der Waals surface area contributed by atoms with Crippen LogP contribution in [-0.2, 0) is 9.47 Å². The maximum absolute atomic E-state index is 5.82. The van der Waals surface area contributed by atoms with E-state index in [4.69, 9.17) is 9.47 Å². The summed E-state index contributed by atoms with van der Waals surface area (Å²) in [7, 11) is 0. The zero-order valence-corrected chi connectivity index (χ0v) is 9.71. The van der Waals surface area contributed by atoms with E-state index in [1.807, 2.05) is 0 Å². The topological polar surface area (TPSA) is 30.5 Å². The fourth-order valence-corrected chi connectivity index (χ4v) is 2.53. The molecule has 1 aliphatic carbocycles. The summed E-state index contributed by atoms with van der Waals surface area (Å²) in [6.07, 6.45) is 5.93. The Morgan fingerprint density at radius 2 is 2.07 bits per heavy atom. The molecule has 0 spiro atoms. The van der Waals surface area contributed by atoms with Crippen LogP contribution in [0.1, 0.15) is 32.6 Å². The molecule has 0 radical (unpaired) electrons. The Morgan fingerprint density at radius 3 is 2.60 bits per heavy atom. The summed E-state index contributed by atoms with van der Waals surface area (Å²) in [5.74, 6) is 0.839. The van der Waals surface area contributed by atoms with Crippen molar-refractivity contribution in [3.63, 3.8) is 0 Å². The number of rotatable bonds is 6. The molecule has 0 amide bonds. The number of likely N-dealkylation sites (N-methyl/N-ethyl adjacent to an activating group) is 1. The summed E-state index contributed by atoms with van der Waals surface area (Å²) in [4.78, 5) is 0. The molecular formula is C12H23NO2. The molecule has 2 rings (SSSR count). The highest BCUT2D eigenvalue weighted by molar-refractivity contribution is 4.81. The van der Waals surface area contributed by atoms with Crippen LogP contribution >= 0.6 is 0 Å². The molecule has 3 nitrogen and oxygen atoms in total. The summed E-state index contributed by atoms with van der Waals surface area (Å²) in [5.41, 5.74) is 0. The van der Waals surface area contributed by atoms with Crippen LogP contribution in [0.2, 0.25) is 0 Å². The minimum absolute atomic E-state index is 0.368. The summed E-state index contributed by atoms with van der Waals surface area (Å²) >= 11 is 0. The van der Waals surface area contributed by atoms with Gasteiger partial charge in [0.25, 0.3) is 0 Å². The largest absolute Gasteiger partial charge is 0.376 e. The number of hydrogen-bond acceptors (Lipinski definition) is 3. The van der Waals surface area contributed by atoms with Gasteiger partial charge < -0.3 is 14.8 Å². The molecule has 1 saturated heterocycles. The molecule has 1 N–H and O–H groups in total. The van der Waals surface area contributed by atoms with Crippen molar-refractivity contribution in [1.82, 2.24) is 5.32 Å². The third-order valence-electron chi connectivity index (χ3n) is 3.55. The lowest BCUT2D eigenvalue weighted by molar-refractivity contribution is -0.135. The van der Waals surface area contributed by atoms with E-state index in [1.54, 1.807) is 0 Å². The average Bonchev–Trinajstić information content (AvgIpc) is 2.66. The quantitative estimate of drug-likeness (QED) is 0.726. The molecule has 15 heavy (non-hydrogen) atoms. The summed E-state index contributed by atoms with van der Waals surface area (Å²) < 4.78 is 10.9. The molecule has 0 bridgehead atoms. The van der Waals surface area contributed by atoms with Crippen molar-refractivity contribution in [2.75, 3.05) is 26.4 Å². The van der Waals surface area contributed by atoms with Gasteiger partial charge in [-0.25, -0.2) is 0 Å². The van der Waals surface area contributed by atoms with Crippen LogP contribution in [0.4, 0.5) is 0 Å². The number of nitrogens with one attached hydrogen (secondary N) is 1. The second kappa shape index (κ2) is 5.83. The summed E-state index contributed by atoms with van der Waals surface area (Å²) in [5, 5.41) is 3.56. The van der Waals surface area contributed by atoms with Gasteiger partial charge in [-0.1, -0.05) is 19.8 Å². The van der Waals surface area contributed by atoms with Crippen molar-refractivity contribution in [1.29, 1.82) is 0 Å². The second-order valence-corrected chi connectivity index (χ2v) is 4.70. The molecule has 1 atom stereocenters. The van der Waals surface area contributed by atoms with Crippen LogP contribution in [0, 0.1) is 5.92 Å². The lowest BCUT2D eigenvalue weighted by Gasteiger charge is -2.30. The first kappa shape index (κ1) is 11.4. The van der Waals surface area contributed by atoms with Gasteiger partial charge in [0.15, 0.2) is 0 Å². The zero-order chi connectivity index (χ0) is 10.5. The van der Waals surface area contributed by atoms with Gasteiger partial charge in [0, 0.05) is 6.04 Å². The first-order valence-electron chi connectivity index (χ1n) is 6.33. The Kier molecular flexibility index (Phi) is 4.42. The van der Waals surface area contributed by atoms with E-state index in [2.05, 4.69) is 12.2 Å². The molecule has 1 aliphatic heterocycles. The fourth-order valence-electron chi connectivity index (χ4n) is 2.53. The molecule has 1 unspecified atom stereocenters. The van der Waals surface area contributed by atoms with Crippen molar-refractivity contribution in [3.05, 3.63) is 0 Å². The van der Waals surface area contributed by atoms with E-state index in [0.29, 0.717) is 12.1 Å². The van der Waals surface area contributed by atoms with E-state index in [-0.39, 0.29) is 0 Å². The third-order valence-corrected chi connectivity index (χ3v) is 3.55. The highest BCUT2D eigenvalue weighted by atomic mass is 16.6. The average molecular weight is 213 g/mol. The highest BCUT2D eigenvalue weighted by Crippen LogP contribution is 2.28. The SMILES string of the molecule is CCNC(COC1COC1)C1CCCC1. The van der Waals surface area contributed by atoms with E-state index in [1.165, 1.54) is 25.7 Å². The molecule has 0 aromatic carbocycles. The molecule has 88 valence electrons. The molecule has 0 aromatic heterocycles. The van der Waals surface area contributed by atoms with E-state index in [9.17, 15) is 0 Å². The van der Waals surface area contributed by atoms with Gasteiger partial charge in [0.2, 0.25) is 0 Å². The first-order chi connectivity index (χ1) is 7.40. The molecule has 3 heteroatoms. The van der Waals surface area contributed by atoms with Crippen LogP contribution in [0.15, 0.2) is 0 Å². The molecule has 2 aliphatic rings. The zero-order valence-electron chi connectivity index (χ0n) is 9.71. The van der Waals surface area contributed by atoms with Crippen molar-refractivity contribution in [3.8, 4) is 0 Å². The Labute approximate surface area is 92.5 Å². The van der Waals surface area contributed by atoms with Crippen LogP contribution < -0.4 is 5.32 Å². The monoisotopic (exact) mass is 213 g/mol. The maximum Gasteiger partial charge on any atom is 0.104 e. The minimum Gasteiger partial charge on any atom is -0.376 e. The van der Waals surface area contributed by atoms with Gasteiger partial charge in [-0.2, -0.15) is 0 Å². The lowest BCUT2D eigenvalue weighted by atomic mass is 9.99. The van der Waals surface area contributed by atoms with E-state index >= 15 is 0 Å². The van der Waals surface area contributed by atoms with Crippen molar-refractivity contribution in [2.24, 2.45) is 5.92 Å². The first-order valence-corrected chi connectivity index (χ1v) is 6.33.